The molecule has 0 radical (unpaired) electrons. The maximum absolute atomic E-state index is 12.3. The van der Waals surface area contributed by atoms with Crippen LogP contribution in [0, 0.1) is 0 Å². The average molecular weight is 311 g/mol. The largest absolute Gasteiger partial charge is 0.480 e. The standard InChI is InChI=1S/C18H17NO4/c1-11(17(20)21)19(18(22)23-2)16-14-9-5-3-7-12(14)13-8-4-6-10-15(13)16/h3-11,16H,1-2H3,(H,20,21)/t11-/m0/s1. The molecule has 1 aliphatic carbocycles. The van der Waals surface area contributed by atoms with Gasteiger partial charge in [-0.3, -0.25) is 4.90 Å². The third kappa shape index (κ3) is 2.34. The Morgan fingerprint density at radius 3 is 1.96 bits per heavy atom. The molecule has 1 atom stereocenters. The Labute approximate surface area is 134 Å². The van der Waals surface area contributed by atoms with Crippen molar-refractivity contribution in [3.8, 4) is 11.1 Å². The van der Waals surface area contributed by atoms with Gasteiger partial charge in [0, 0.05) is 0 Å². The van der Waals surface area contributed by atoms with Gasteiger partial charge in [0.1, 0.15) is 6.04 Å². The Morgan fingerprint density at radius 1 is 1.04 bits per heavy atom. The molecule has 5 nitrogen and oxygen atoms in total. The molecule has 0 spiro atoms. The fourth-order valence-electron chi connectivity index (χ4n) is 3.14. The van der Waals surface area contributed by atoms with Crippen molar-refractivity contribution in [3.05, 3.63) is 59.7 Å². The molecule has 1 amide bonds. The molecule has 0 saturated heterocycles. The summed E-state index contributed by atoms with van der Waals surface area (Å²) in [5.74, 6) is -1.07. The van der Waals surface area contributed by atoms with Crippen molar-refractivity contribution in [2.75, 3.05) is 7.11 Å². The molecule has 0 aliphatic heterocycles. The topological polar surface area (TPSA) is 66.8 Å². The van der Waals surface area contributed by atoms with Crippen LogP contribution >= 0.6 is 0 Å². The Kier molecular flexibility index (Phi) is 3.78. The zero-order valence-electron chi connectivity index (χ0n) is 12.9. The van der Waals surface area contributed by atoms with Crippen LogP contribution in [0.25, 0.3) is 11.1 Å². The lowest BCUT2D eigenvalue weighted by Crippen LogP contribution is -2.45. The van der Waals surface area contributed by atoms with Crippen LogP contribution < -0.4 is 0 Å². The Bertz CT molecular complexity index is 726. The van der Waals surface area contributed by atoms with Crippen LogP contribution in [-0.4, -0.2) is 35.2 Å². The van der Waals surface area contributed by atoms with Crippen molar-refractivity contribution < 1.29 is 19.4 Å². The highest BCUT2D eigenvalue weighted by Gasteiger charge is 2.40. The number of fused-ring (bicyclic) bond motifs is 3. The Morgan fingerprint density at radius 2 is 1.52 bits per heavy atom. The van der Waals surface area contributed by atoms with Gasteiger partial charge in [-0.05, 0) is 29.2 Å². The van der Waals surface area contributed by atoms with Gasteiger partial charge in [0.2, 0.25) is 0 Å². The quantitative estimate of drug-likeness (QED) is 0.944. The number of hydrogen-bond acceptors (Lipinski definition) is 3. The van der Waals surface area contributed by atoms with Crippen LogP contribution in [0.5, 0.6) is 0 Å². The number of carboxylic acids is 1. The second-order valence-corrected chi connectivity index (χ2v) is 5.47. The maximum atomic E-state index is 12.3. The van der Waals surface area contributed by atoms with Gasteiger partial charge in [-0.1, -0.05) is 48.5 Å². The first-order valence-corrected chi connectivity index (χ1v) is 7.33. The predicted octanol–water partition coefficient (Wildman–Crippen LogP) is 3.30. The molecule has 5 heteroatoms. The molecule has 0 unspecified atom stereocenters. The molecule has 23 heavy (non-hydrogen) atoms. The minimum absolute atomic E-state index is 0.471. The summed E-state index contributed by atoms with van der Waals surface area (Å²) in [6.07, 6.45) is -0.656. The predicted molar refractivity (Wildman–Crippen MR) is 85.1 cm³/mol. The zero-order chi connectivity index (χ0) is 16.6. The molecule has 0 fully saturated rings. The van der Waals surface area contributed by atoms with E-state index in [0.29, 0.717) is 0 Å². The minimum Gasteiger partial charge on any atom is -0.480 e. The number of carbonyl (C=O) groups is 2. The number of carboxylic acid groups (broad SMARTS) is 1. The van der Waals surface area contributed by atoms with Gasteiger partial charge < -0.3 is 9.84 Å². The van der Waals surface area contributed by atoms with Crippen molar-refractivity contribution in [2.45, 2.75) is 19.0 Å². The molecule has 3 rings (SSSR count). The highest BCUT2D eigenvalue weighted by molar-refractivity contribution is 5.84. The monoisotopic (exact) mass is 311 g/mol. The van der Waals surface area contributed by atoms with Crippen molar-refractivity contribution in [1.82, 2.24) is 4.90 Å². The highest BCUT2D eigenvalue weighted by atomic mass is 16.5. The second kappa shape index (κ2) is 5.76. The number of rotatable bonds is 3. The summed E-state index contributed by atoms with van der Waals surface area (Å²) in [7, 11) is 1.26. The average Bonchev–Trinajstić information content (AvgIpc) is 2.90. The van der Waals surface area contributed by atoms with E-state index < -0.39 is 24.1 Å². The third-order valence-electron chi connectivity index (χ3n) is 4.24. The number of nitrogens with zero attached hydrogens (tertiary/aromatic N) is 1. The van der Waals surface area contributed by atoms with E-state index in [1.165, 1.54) is 18.9 Å². The molecule has 2 aromatic rings. The number of ether oxygens (including phenoxy) is 1. The molecule has 0 bridgehead atoms. The summed E-state index contributed by atoms with van der Waals surface area (Å²) in [6.45, 7) is 1.49. The summed E-state index contributed by atoms with van der Waals surface area (Å²) < 4.78 is 4.85. The van der Waals surface area contributed by atoms with E-state index >= 15 is 0 Å². The Hall–Kier alpha value is -2.82. The summed E-state index contributed by atoms with van der Waals surface area (Å²) in [5, 5.41) is 9.40. The smallest absolute Gasteiger partial charge is 0.411 e. The maximum Gasteiger partial charge on any atom is 0.411 e. The van der Waals surface area contributed by atoms with Gasteiger partial charge in [0.25, 0.3) is 0 Å². The summed E-state index contributed by atoms with van der Waals surface area (Å²) in [6, 6.07) is 14.0. The molecule has 0 saturated carbocycles. The summed E-state index contributed by atoms with van der Waals surface area (Å²) in [4.78, 5) is 25.1. The molecule has 1 N–H and O–H groups in total. The van der Waals surface area contributed by atoms with Gasteiger partial charge in [0.15, 0.2) is 0 Å². The summed E-state index contributed by atoms with van der Waals surface area (Å²) in [5.41, 5.74) is 3.85. The molecule has 2 aromatic carbocycles. The van der Waals surface area contributed by atoms with E-state index in [0.717, 1.165) is 22.3 Å². The number of carbonyl (C=O) groups excluding carboxylic acids is 1. The number of methoxy groups -OCH3 is 1. The van der Waals surface area contributed by atoms with E-state index in [4.69, 9.17) is 4.74 Å². The van der Waals surface area contributed by atoms with Crippen molar-refractivity contribution in [2.24, 2.45) is 0 Å². The fraction of sp³-hybridized carbons (Fsp3) is 0.222. The van der Waals surface area contributed by atoms with E-state index in [-0.39, 0.29) is 0 Å². The van der Waals surface area contributed by atoms with Crippen LogP contribution in [0.4, 0.5) is 4.79 Å². The van der Waals surface area contributed by atoms with Gasteiger partial charge in [-0.15, -0.1) is 0 Å². The second-order valence-electron chi connectivity index (χ2n) is 5.47. The van der Waals surface area contributed by atoms with Crippen LogP contribution in [-0.2, 0) is 9.53 Å². The first kappa shape index (κ1) is 15.1. The van der Waals surface area contributed by atoms with Gasteiger partial charge >= 0.3 is 12.1 Å². The zero-order valence-corrected chi connectivity index (χ0v) is 12.9. The van der Waals surface area contributed by atoms with Crippen molar-refractivity contribution in [1.29, 1.82) is 0 Å². The van der Waals surface area contributed by atoms with Crippen molar-refractivity contribution >= 4 is 12.1 Å². The summed E-state index contributed by atoms with van der Waals surface area (Å²) >= 11 is 0. The van der Waals surface area contributed by atoms with Crippen LogP contribution in [0.2, 0.25) is 0 Å². The first-order chi connectivity index (χ1) is 11.1. The van der Waals surface area contributed by atoms with Crippen LogP contribution in [0.1, 0.15) is 24.1 Å². The van der Waals surface area contributed by atoms with E-state index in [2.05, 4.69) is 0 Å². The highest BCUT2D eigenvalue weighted by Crippen LogP contribution is 2.46. The van der Waals surface area contributed by atoms with Gasteiger partial charge in [-0.2, -0.15) is 0 Å². The molecule has 0 aromatic heterocycles. The molecule has 1 aliphatic rings. The molecule has 118 valence electrons. The number of aliphatic carboxylic acids is 1. The molecule has 0 heterocycles. The lowest BCUT2D eigenvalue weighted by Gasteiger charge is -2.32. The van der Waals surface area contributed by atoms with Gasteiger partial charge in [-0.25, -0.2) is 9.59 Å². The number of benzene rings is 2. The third-order valence-corrected chi connectivity index (χ3v) is 4.24. The number of amides is 1. The van der Waals surface area contributed by atoms with E-state index in [9.17, 15) is 14.7 Å². The van der Waals surface area contributed by atoms with Crippen LogP contribution in [0.15, 0.2) is 48.5 Å². The molecular formula is C18H17NO4. The first-order valence-electron chi connectivity index (χ1n) is 7.33. The Balaban J connectivity index is 2.20. The SMILES string of the molecule is COC(=O)N(C1c2ccccc2-c2ccccc21)[C@@H](C)C(=O)O. The van der Waals surface area contributed by atoms with Gasteiger partial charge in [0.05, 0.1) is 13.2 Å². The lowest BCUT2D eigenvalue weighted by molar-refractivity contribution is -0.142. The normalized spacial score (nSPS) is 13.8. The fourth-order valence-corrected chi connectivity index (χ4v) is 3.14. The molecular weight excluding hydrogens is 294 g/mol. The van der Waals surface area contributed by atoms with Crippen molar-refractivity contribution in [3.63, 3.8) is 0 Å². The number of hydrogen-bond donors (Lipinski definition) is 1. The van der Waals surface area contributed by atoms with E-state index in [1.807, 2.05) is 48.5 Å². The van der Waals surface area contributed by atoms with E-state index in [1.54, 1.807) is 0 Å². The lowest BCUT2D eigenvalue weighted by atomic mass is 10.0. The minimum atomic E-state index is -1.07. The van der Waals surface area contributed by atoms with Crippen LogP contribution in [0.3, 0.4) is 0 Å².